The van der Waals surface area contributed by atoms with Gasteiger partial charge < -0.3 is 9.57 Å². The highest BCUT2D eigenvalue weighted by Crippen LogP contribution is 2.32. The van der Waals surface area contributed by atoms with E-state index in [-0.39, 0.29) is 6.17 Å². The molecule has 6 heteroatoms. The van der Waals surface area contributed by atoms with Crippen LogP contribution in [0.25, 0.3) is 10.9 Å². The molecule has 0 fully saturated rings. The average molecular weight is 462 g/mol. The van der Waals surface area contributed by atoms with Crippen LogP contribution in [0.5, 0.6) is 5.75 Å². The summed E-state index contributed by atoms with van der Waals surface area (Å²) in [5, 5.41) is 1.20. The lowest BCUT2D eigenvalue weighted by Crippen LogP contribution is -2.12. The lowest BCUT2D eigenvalue weighted by Gasteiger charge is -2.13. The molecule has 0 amide bonds. The fraction of sp³-hybridized carbons (Fsp3) is 0.0833. The number of benzene rings is 3. The largest absolute Gasteiger partial charge is 0.497 e. The Labute approximate surface area is 183 Å². The Morgan fingerprint density at radius 3 is 2.30 bits per heavy atom. The molecule has 5 nitrogen and oxygen atoms in total. The second-order valence-electron chi connectivity index (χ2n) is 6.51. The summed E-state index contributed by atoms with van der Waals surface area (Å²) in [6.07, 6.45) is 1.62. The van der Waals surface area contributed by atoms with Gasteiger partial charge in [-0.2, -0.15) is 0 Å². The number of methoxy groups -OCH3 is 1. The molecule has 0 radical (unpaired) electrons. The standard InChI is InChI=1S/C15H13BrN2O2.C9H7N/c1-19-13-9-7-12(8-10-13)15-17-14(18(16)20-15)11-5-3-2-4-6-11;1-2-6-9-8(4-1)5-3-7-10-9/h2-10,14H,1H3;1-7H. The van der Waals surface area contributed by atoms with Gasteiger partial charge >= 0.3 is 0 Å². The second kappa shape index (κ2) is 9.52. The number of rotatable bonds is 3. The molecule has 0 aliphatic carbocycles. The third-order valence-corrected chi connectivity index (χ3v) is 5.09. The molecular weight excluding hydrogens is 442 g/mol. The summed E-state index contributed by atoms with van der Waals surface area (Å²) in [7, 11) is 1.64. The Hall–Kier alpha value is -3.22. The topological polar surface area (TPSA) is 47.0 Å². The van der Waals surface area contributed by atoms with Crippen molar-refractivity contribution < 1.29 is 9.57 Å². The maximum Gasteiger partial charge on any atom is 0.244 e. The van der Waals surface area contributed by atoms with Crippen molar-refractivity contribution in [2.75, 3.05) is 7.11 Å². The summed E-state index contributed by atoms with van der Waals surface area (Å²) in [4.78, 5) is 14.4. The van der Waals surface area contributed by atoms with E-state index in [0.29, 0.717) is 5.90 Å². The van der Waals surface area contributed by atoms with Crippen LogP contribution >= 0.6 is 16.1 Å². The fourth-order valence-electron chi connectivity index (χ4n) is 3.01. The molecule has 1 unspecified atom stereocenters. The highest BCUT2D eigenvalue weighted by Gasteiger charge is 2.29. The number of aromatic nitrogens is 1. The number of hydrogen-bond acceptors (Lipinski definition) is 5. The van der Waals surface area contributed by atoms with E-state index in [1.165, 1.54) is 5.39 Å². The van der Waals surface area contributed by atoms with Gasteiger partial charge in [0, 0.05) is 17.1 Å². The van der Waals surface area contributed by atoms with Crippen LogP contribution in [0.2, 0.25) is 0 Å². The quantitative estimate of drug-likeness (QED) is 0.354. The van der Waals surface area contributed by atoms with Gasteiger partial charge in [-0.05, 0) is 46.1 Å². The van der Waals surface area contributed by atoms with Crippen molar-refractivity contribution in [3.05, 3.63) is 108 Å². The minimum Gasteiger partial charge on any atom is -0.497 e. The van der Waals surface area contributed by atoms with Crippen LogP contribution in [0.3, 0.4) is 0 Å². The number of hydrogen-bond donors (Lipinski definition) is 0. The first kappa shape index (κ1) is 20.1. The number of nitrogens with zero attached hydrogens (tertiary/aromatic N) is 3. The smallest absolute Gasteiger partial charge is 0.244 e. The van der Waals surface area contributed by atoms with Crippen LogP contribution < -0.4 is 4.74 Å². The van der Waals surface area contributed by atoms with Crippen molar-refractivity contribution in [1.82, 2.24) is 9.07 Å². The maximum atomic E-state index is 5.65. The van der Waals surface area contributed by atoms with Crippen molar-refractivity contribution in [2.24, 2.45) is 4.99 Å². The van der Waals surface area contributed by atoms with Crippen LogP contribution in [0.4, 0.5) is 0 Å². The van der Waals surface area contributed by atoms with Gasteiger partial charge in [0.05, 0.1) is 28.8 Å². The molecule has 0 saturated heterocycles. The minimum absolute atomic E-state index is 0.187. The van der Waals surface area contributed by atoms with Gasteiger partial charge in [0.15, 0.2) is 6.17 Å². The molecule has 30 heavy (non-hydrogen) atoms. The molecule has 2 heterocycles. The zero-order chi connectivity index (χ0) is 20.8. The first-order valence-corrected chi connectivity index (χ1v) is 10.2. The van der Waals surface area contributed by atoms with Gasteiger partial charge in [-0.1, -0.05) is 54.6 Å². The minimum atomic E-state index is -0.187. The Kier molecular flexibility index (Phi) is 6.37. The normalized spacial score (nSPS) is 15.7. The number of hydroxylamine groups is 1. The van der Waals surface area contributed by atoms with Gasteiger partial charge in [-0.15, -0.1) is 0 Å². The van der Waals surface area contributed by atoms with Crippen LogP contribution in [-0.4, -0.2) is 22.1 Å². The number of pyridine rings is 1. The summed E-state index contributed by atoms with van der Waals surface area (Å²) in [6.45, 7) is 0. The third-order valence-electron chi connectivity index (χ3n) is 4.55. The second-order valence-corrected chi connectivity index (χ2v) is 7.21. The molecule has 3 aromatic carbocycles. The molecule has 150 valence electrons. The van der Waals surface area contributed by atoms with E-state index in [1.807, 2.05) is 85.1 Å². The fourth-order valence-corrected chi connectivity index (χ4v) is 3.47. The summed E-state index contributed by atoms with van der Waals surface area (Å²) in [5.74, 6) is 1.39. The zero-order valence-electron chi connectivity index (χ0n) is 16.4. The molecule has 0 N–H and O–H groups in total. The van der Waals surface area contributed by atoms with E-state index in [9.17, 15) is 0 Å². The predicted molar refractivity (Wildman–Crippen MR) is 122 cm³/mol. The summed E-state index contributed by atoms with van der Waals surface area (Å²) in [5.41, 5.74) is 3.03. The highest BCUT2D eigenvalue weighted by atomic mass is 79.9. The van der Waals surface area contributed by atoms with Crippen LogP contribution in [0.15, 0.2) is 102 Å². The number of aliphatic imine (C=N–C) groups is 1. The van der Waals surface area contributed by atoms with Gasteiger partial charge in [-0.3, -0.25) is 4.98 Å². The molecule has 0 saturated carbocycles. The number of para-hydroxylation sites is 1. The summed E-state index contributed by atoms with van der Waals surface area (Å²) < 4.78 is 6.71. The Balaban J connectivity index is 0.000000181. The van der Waals surface area contributed by atoms with Crippen molar-refractivity contribution in [2.45, 2.75) is 6.17 Å². The molecule has 0 spiro atoms. The van der Waals surface area contributed by atoms with E-state index in [4.69, 9.17) is 9.57 Å². The first-order valence-electron chi connectivity index (χ1n) is 9.44. The van der Waals surface area contributed by atoms with Crippen molar-refractivity contribution in [1.29, 1.82) is 0 Å². The molecule has 1 aliphatic rings. The monoisotopic (exact) mass is 461 g/mol. The van der Waals surface area contributed by atoms with Crippen molar-refractivity contribution in [3.63, 3.8) is 0 Å². The summed E-state index contributed by atoms with van der Waals surface area (Å²) in [6, 6.07) is 29.7. The molecule has 1 aliphatic heterocycles. The Bertz CT molecular complexity index is 1070. The molecule has 1 atom stereocenters. The van der Waals surface area contributed by atoms with Crippen molar-refractivity contribution in [3.8, 4) is 5.75 Å². The molecule has 4 aromatic rings. The molecular formula is C24H20BrN3O2. The SMILES string of the molecule is COc1ccc(C2=NC(c3ccccc3)N(Br)O2)cc1.c1ccc2ncccc2c1. The highest BCUT2D eigenvalue weighted by molar-refractivity contribution is 9.07. The van der Waals surface area contributed by atoms with Gasteiger partial charge in [-0.25, -0.2) is 4.99 Å². The maximum absolute atomic E-state index is 5.65. The van der Waals surface area contributed by atoms with E-state index >= 15 is 0 Å². The predicted octanol–water partition coefficient (Wildman–Crippen LogP) is 5.93. The Morgan fingerprint density at radius 2 is 1.57 bits per heavy atom. The molecule has 5 rings (SSSR count). The van der Waals surface area contributed by atoms with E-state index < -0.39 is 0 Å². The number of halogens is 1. The number of fused-ring (bicyclic) bond motifs is 1. The van der Waals surface area contributed by atoms with Crippen LogP contribution in [0, 0.1) is 0 Å². The molecule has 0 bridgehead atoms. The van der Waals surface area contributed by atoms with Gasteiger partial charge in [0.1, 0.15) is 5.75 Å². The van der Waals surface area contributed by atoms with Crippen LogP contribution in [-0.2, 0) is 4.84 Å². The van der Waals surface area contributed by atoms with E-state index in [1.54, 1.807) is 11.2 Å². The zero-order valence-corrected chi connectivity index (χ0v) is 17.9. The van der Waals surface area contributed by atoms with Gasteiger partial charge in [0.25, 0.3) is 0 Å². The van der Waals surface area contributed by atoms with E-state index in [0.717, 1.165) is 22.4 Å². The number of ether oxygens (including phenoxy) is 1. The van der Waals surface area contributed by atoms with Crippen LogP contribution in [0.1, 0.15) is 17.3 Å². The third kappa shape index (κ3) is 4.67. The Morgan fingerprint density at radius 1 is 0.867 bits per heavy atom. The van der Waals surface area contributed by atoms with Gasteiger partial charge in [0.2, 0.25) is 5.90 Å². The lowest BCUT2D eigenvalue weighted by atomic mass is 10.2. The average Bonchev–Trinajstić information content (AvgIpc) is 3.22. The molecule has 1 aromatic heterocycles. The lowest BCUT2D eigenvalue weighted by molar-refractivity contribution is 0.0367. The van der Waals surface area contributed by atoms with Crippen molar-refractivity contribution >= 4 is 32.9 Å². The summed E-state index contributed by atoms with van der Waals surface area (Å²) >= 11 is 3.38. The van der Waals surface area contributed by atoms with E-state index in [2.05, 4.69) is 38.3 Å². The first-order chi connectivity index (χ1) is 14.7.